The second kappa shape index (κ2) is 9.55. The van der Waals surface area contributed by atoms with Crippen molar-refractivity contribution in [3.8, 4) is 6.07 Å². The van der Waals surface area contributed by atoms with E-state index in [0.29, 0.717) is 36.6 Å². The molecule has 2 N–H and O–H groups in total. The van der Waals surface area contributed by atoms with E-state index in [4.69, 9.17) is 9.68 Å². The molecule has 214 valence electrons. The lowest BCUT2D eigenvalue weighted by molar-refractivity contribution is -0.177. The number of carbonyl (C=O) groups excluding carboxylic acids is 1. The number of thioether (sulfide) groups is 1. The number of benzene rings is 1. The third-order valence-electron chi connectivity index (χ3n) is 11.1. The summed E-state index contributed by atoms with van der Waals surface area (Å²) in [6, 6.07) is 9.72. The molecule has 0 amide bonds. The maximum absolute atomic E-state index is 13.7. The lowest BCUT2D eigenvalue weighted by atomic mass is 9.45. The molecular formula is C32H36N4O4S. The SMILES string of the molecule is CC12Cc3cnn(CCC#N)c3C=C1CCC1C2C(O)CC2(C)C1CCC2(O)C(=O)CSc1nc2ccccc2o1. The fourth-order valence-electron chi connectivity index (χ4n) is 9.20. The number of allylic oxidation sites excluding steroid dienone is 1. The third kappa shape index (κ3) is 3.90. The second-order valence-electron chi connectivity index (χ2n) is 13.0. The number of nitriles is 1. The number of Topliss-reactive ketones (excluding diaryl/α,β-unsaturated/α-hetero) is 1. The number of nitrogens with zero attached hydrogens (tertiary/aromatic N) is 4. The normalized spacial score (nSPS) is 35.6. The smallest absolute Gasteiger partial charge is 0.257 e. The highest BCUT2D eigenvalue weighted by Crippen LogP contribution is 2.67. The van der Waals surface area contributed by atoms with Crippen LogP contribution < -0.4 is 0 Å². The van der Waals surface area contributed by atoms with Crippen LogP contribution in [-0.4, -0.2) is 48.2 Å². The van der Waals surface area contributed by atoms with Gasteiger partial charge in [0.25, 0.3) is 5.22 Å². The fourth-order valence-corrected chi connectivity index (χ4v) is 10.0. The zero-order chi connectivity index (χ0) is 28.6. The Hall–Kier alpha value is -2.93. The molecule has 3 aromatic rings. The molecule has 0 spiro atoms. The highest BCUT2D eigenvalue weighted by atomic mass is 32.2. The van der Waals surface area contributed by atoms with E-state index in [2.05, 4.69) is 29.2 Å². The number of aryl methyl sites for hydroxylation is 1. The molecule has 7 rings (SSSR count). The van der Waals surface area contributed by atoms with E-state index < -0.39 is 17.1 Å². The van der Waals surface area contributed by atoms with E-state index in [1.807, 2.05) is 42.1 Å². The predicted octanol–water partition coefficient (Wildman–Crippen LogP) is 5.18. The molecular weight excluding hydrogens is 536 g/mol. The first kappa shape index (κ1) is 26.9. The van der Waals surface area contributed by atoms with E-state index in [-0.39, 0.29) is 34.7 Å². The van der Waals surface area contributed by atoms with Crippen LogP contribution in [0.25, 0.3) is 17.2 Å². The van der Waals surface area contributed by atoms with Crippen LogP contribution in [0.4, 0.5) is 0 Å². The number of rotatable bonds is 6. The maximum atomic E-state index is 13.7. The van der Waals surface area contributed by atoms with Gasteiger partial charge < -0.3 is 14.6 Å². The summed E-state index contributed by atoms with van der Waals surface area (Å²) < 4.78 is 7.73. The van der Waals surface area contributed by atoms with Crippen molar-refractivity contribution in [3.05, 3.63) is 47.3 Å². The molecule has 9 heteroatoms. The minimum Gasteiger partial charge on any atom is -0.431 e. The first-order valence-electron chi connectivity index (χ1n) is 14.7. The predicted molar refractivity (Wildman–Crippen MR) is 155 cm³/mol. The molecule has 2 heterocycles. The van der Waals surface area contributed by atoms with Crippen LogP contribution >= 0.6 is 11.8 Å². The van der Waals surface area contributed by atoms with Gasteiger partial charge in [0.05, 0.1) is 42.8 Å². The Kier molecular flexibility index (Phi) is 6.27. The highest BCUT2D eigenvalue weighted by molar-refractivity contribution is 7.99. The molecule has 0 saturated heterocycles. The van der Waals surface area contributed by atoms with Crippen molar-refractivity contribution < 1.29 is 19.4 Å². The van der Waals surface area contributed by atoms with Crippen molar-refractivity contribution in [1.82, 2.24) is 14.8 Å². The number of ketones is 1. The Morgan fingerprint density at radius 1 is 1.29 bits per heavy atom. The monoisotopic (exact) mass is 572 g/mol. The van der Waals surface area contributed by atoms with Crippen LogP contribution in [0.5, 0.6) is 0 Å². The molecule has 0 aliphatic heterocycles. The largest absolute Gasteiger partial charge is 0.431 e. The first-order valence-corrected chi connectivity index (χ1v) is 15.7. The summed E-state index contributed by atoms with van der Waals surface area (Å²) in [5.74, 6) is 0.335. The van der Waals surface area contributed by atoms with Crippen molar-refractivity contribution in [2.45, 2.75) is 82.3 Å². The Labute approximate surface area is 243 Å². The van der Waals surface area contributed by atoms with Gasteiger partial charge in [0.15, 0.2) is 11.4 Å². The molecule has 7 unspecified atom stereocenters. The van der Waals surface area contributed by atoms with Crippen LogP contribution in [-0.2, 0) is 17.8 Å². The molecule has 41 heavy (non-hydrogen) atoms. The quantitative estimate of drug-likeness (QED) is 0.387. The van der Waals surface area contributed by atoms with Gasteiger partial charge in [-0.2, -0.15) is 10.4 Å². The molecule has 3 fully saturated rings. The van der Waals surface area contributed by atoms with E-state index in [1.54, 1.807) is 0 Å². The Balaban J connectivity index is 1.13. The van der Waals surface area contributed by atoms with Crippen LogP contribution in [0, 0.1) is 39.9 Å². The summed E-state index contributed by atoms with van der Waals surface area (Å²) in [5, 5.41) is 38.0. The van der Waals surface area contributed by atoms with Gasteiger partial charge in [0, 0.05) is 5.41 Å². The first-order chi connectivity index (χ1) is 19.7. The van der Waals surface area contributed by atoms with Crippen LogP contribution in [0.15, 0.2) is 45.7 Å². The minimum absolute atomic E-state index is 0.0581. The number of oxazole rings is 1. The molecule has 7 atom stereocenters. The van der Waals surface area contributed by atoms with Crippen LogP contribution in [0.3, 0.4) is 0 Å². The molecule has 0 radical (unpaired) electrons. The molecule has 1 aromatic carbocycles. The van der Waals surface area contributed by atoms with Crippen molar-refractivity contribution in [1.29, 1.82) is 5.26 Å². The van der Waals surface area contributed by atoms with Gasteiger partial charge in [-0.05, 0) is 85.5 Å². The Bertz CT molecular complexity index is 1570. The Morgan fingerprint density at radius 3 is 2.93 bits per heavy atom. The van der Waals surface area contributed by atoms with Crippen molar-refractivity contribution in [3.63, 3.8) is 0 Å². The van der Waals surface area contributed by atoms with Crippen molar-refractivity contribution in [2.24, 2.45) is 28.6 Å². The molecule has 2 aromatic heterocycles. The average molecular weight is 573 g/mol. The lowest BCUT2D eigenvalue weighted by Gasteiger charge is -2.60. The third-order valence-corrected chi connectivity index (χ3v) is 12.0. The summed E-state index contributed by atoms with van der Waals surface area (Å²) in [5.41, 5.74) is 2.67. The molecule has 0 bridgehead atoms. The van der Waals surface area contributed by atoms with E-state index in [1.165, 1.54) is 22.9 Å². The summed E-state index contributed by atoms with van der Waals surface area (Å²) in [4.78, 5) is 18.2. The Morgan fingerprint density at radius 2 is 2.12 bits per heavy atom. The standard InChI is InChI=1S/C32H36N4O4S/c1-30-15-19-17-34-36(13-5-12-33)24(19)14-20(30)8-9-21-22-10-11-32(39,31(22,2)16-25(37)28(21)30)27(38)18-41-29-35-23-6-3-4-7-26(23)40-29/h3-4,6-7,14,17,21-22,25,28,37,39H,5,8-11,13,15-16,18H2,1-2H3. The maximum Gasteiger partial charge on any atom is 0.257 e. The summed E-state index contributed by atoms with van der Waals surface area (Å²) in [6.07, 6.45) is 8.29. The molecule has 3 saturated carbocycles. The number of aliphatic hydroxyl groups is 2. The van der Waals surface area contributed by atoms with Gasteiger partial charge in [-0.25, -0.2) is 4.98 Å². The van der Waals surface area contributed by atoms with Crippen molar-refractivity contribution >= 4 is 34.7 Å². The molecule has 4 aliphatic carbocycles. The van der Waals surface area contributed by atoms with Gasteiger partial charge in [-0.1, -0.05) is 43.3 Å². The number of hydrogen-bond donors (Lipinski definition) is 2. The van der Waals surface area contributed by atoms with Crippen LogP contribution in [0.2, 0.25) is 0 Å². The van der Waals surface area contributed by atoms with Crippen LogP contribution in [0.1, 0.15) is 63.6 Å². The van der Waals surface area contributed by atoms with Crippen molar-refractivity contribution in [2.75, 3.05) is 5.75 Å². The fraction of sp³-hybridized carbons (Fsp3) is 0.562. The van der Waals surface area contributed by atoms with Gasteiger partial charge in [0.2, 0.25) is 0 Å². The summed E-state index contributed by atoms with van der Waals surface area (Å²) >= 11 is 1.23. The van der Waals surface area contributed by atoms with Gasteiger partial charge in [0.1, 0.15) is 11.1 Å². The number of hydrogen-bond acceptors (Lipinski definition) is 8. The number of fused-ring (bicyclic) bond motifs is 7. The van der Waals surface area contributed by atoms with Gasteiger partial charge in [-0.3, -0.25) is 9.48 Å². The minimum atomic E-state index is -1.48. The number of para-hydroxylation sites is 2. The molecule has 4 aliphatic rings. The average Bonchev–Trinajstić information content (AvgIpc) is 3.62. The zero-order valence-electron chi connectivity index (χ0n) is 23.5. The van der Waals surface area contributed by atoms with E-state index >= 15 is 0 Å². The second-order valence-corrected chi connectivity index (χ2v) is 14.0. The van der Waals surface area contributed by atoms with E-state index in [0.717, 1.165) is 36.9 Å². The number of carbonyl (C=O) groups is 1. The van der Waals surface area contributed by atoms with Gasteiger partial charge in [-0.15, -0.1) is 0 Å². The highest BCUT2D eigenvalue weighted by Gasteiger charge is 2.68. The molecule has 8 nitrogen and oxygen atoms in total. The topological polar surface area (TPSA) is 125 Å². The van der Waals surface area contributed by atoms with Gasteiger partial charge >= 0.3 is 0 Å². The summed E-state index contributed by atoms with van der Waals surface area (Å²) in [7, 11) is 0. The number of aliphatic hydroxyl groups excluding tert-OH is 1. The summed E-state index contributed by atoms with van der Waals surface area (Å²) in [6.45, 7) is 4.91. The lowest BCUT2D eigenvalue weighted by Crippen LogP contribution is -2.62. The number of aromatic nitrogens is 3. The van der Waals surface area contributed by atoms with E-state index in [9.17, 15) is 15.0 Å². The zero-order valence-corrected chi connectivity index (χ0v) is 24.4.